The summed E-state index contributed by atoms with van der Waals surface area (Å²) in [7, 11) is 0. The average molecular weight is 424 g/mol. The van der Waals surface area contributed by atoms with Crippen LogP contribution in [-0.4, -0.2) is 54.0 Å². The largest absolute Gasteiger partial charge is 0.336 e. The van der Waals surface area contributed by atoms with E-state index < -0.39 is 0 Å². The molecule has 1 aliphatic heterocycles. The molecule has 6 heteroatoms. The van der Waals surface area contributed by atoms with Crippen molar-refractivity contribution in [1.29, 1.82) is 0 Å². The number of carbonyl (C=O) groups is 1. The number of hydrogen-bond donors (Lipinski definition) is 1. The molecule has 4 nitrogen and oxygen atoms in total. The molecule has 118 valence electrons. The second kappa shape index (κ2) is 7.76. The third kappa shape index (κ3) is 5.39. The zero-order valence-corrected chi connectivity index (χ0v) is 15.5. The molecule has 0 unspecified atom stereocenters. The van der Waals surface area contributed by atoms with Crippen molar-refractivity contribution in [3.8, 4) is 0 Å². The summed E-state index contributed by atoms with van der Waals surface area (Å²) >= 11 is 2.22. The molecule has 0 aliphatic carbocycles. The summed E-state index contributed by atoms with van der Waals surface area (Å²) in [6, 6.07) is 7.75. The molecule has 1 saturated heterocycles. The lowest BCUT2D eigenvalue weighted by Crippen LogP contribution is -2.54. The van der Waals surface area contributed by atoms with Gasteiger partial charge in [-0.3, -0.25) is 9.69 Å². The monoisotopic (exact) mass is 423 g/mol. The lowest BCUT2D eigenvalue weighted by Gasteiger charge is -2.37. The molecule has 2 rings (SSSR count). The van der Waals surface area contributed by atoms with Gasteiger partial charge in [0.2, 0.25) is 0 Å². The number of rotatable bonds is 3. The minimum absolute atomic E-state index is 0. The number of nitrogens with zero attached hydrogens (tertiary/aromatic N) is 2. The summed E-state index contributed by atoms with van der Waals surface area (Å²) in [6.45, 7) is 8.30. The Morgan fingerprint density at radius 1 is 1.24 bits per heavy atom. The highest BCUT2D eigenvalue weighted by molar-refractivity contribution is 14.1. The molecule has 0 atom stereocenters. The SMILES string of the molecule is CC(C)(N)CN1CCN(C(=O)c2ccccc2I)CC1.Cl. The van der Waals surface area contributed by atoms with Gasteiger partial charge in [-0.15, -0.1) is 12.4 Å². The summed E-state index contributed by atoms with van der Waals surface area (Å²) in [5.41, 5.74) is 6.68. The van der Waals surface area contributed by atoms with Crippen LogP contribution < -0.4 is 5.73 Å². The van der Waals surface area contributed by atoms with Gasteiger partial charge in [0.25, 0.3) is 5.91 Å². The van der Waals surface area contributed by atoms with E-state index in [9.17, 15) is 4.79 Å². The molecule has 1 aromatic carbocycles. The van der Waals surface area contributed by atoms with Crippen LogP contribution in [0, 0.1) is 3.57 Å². The van der Waals surface area contributed by atoms with Crippen molar-refractivity contribution in [2.75, 3.05) is 32.7 Å². The summed E-state index contributed by atoms with van der Waals surface area (Å²) in [5.74, 6) is 0.140. The van der Waals surface area contributed by atoms with Crippen LogP contribution in [0.1, 0.15) is 24.2 Å². The lowest BCUT2D eigenvalue weighted by atomic mass is 10.1. The molecule has 0 radical (unpaired) electrons. The van der Waals surface area contributed by atoms with Gasteiger partial charge < -0.3 is 10.6 Å². The molecular formula is C15H23ClIN3O. The Balaban J connectivity index is 0.00000220. The van der Waals surface area contributed by atoms with Gasteiger partial charge >= 0.3 is 0 Å². The van der Waals surface area contributed by atoms with Gasteiger partial charge in [-0.05, 0) is 48.6 Å². The predicted octanol–water partition coefficient (Wildman–Crippen LogP) is 2.21. The van der Waals surface area contributed by atoms with Gasteiger partial charge in [0, 0.05) is 41.8 Å². The minimum Gasteiger partial charge on any atom is -0.336 e. The van der Waals surface area contributed by atoms with Crippen molar-refractivity contribution in [1.82, 2.24) is 9.80 Å². The third-order valence-electron chi connectivity index (χ3n) is 3.39. The first kappa shape index (κ1) is 18.7. The Bertz CT molecular complexity index is 482. The van der Waals surface area contributed by atoms with Gasteiger partial charge in [-0.25, -0.2) is 0 Å². The molecule has 0 aromatic heterocycles. The van der Waals surface area contributed by atoms with E-state index in [1.807, 2.05) is 43.0 Å². The second-order valence-electron chi connectivity index (χ2n) is 6.04. The number of piperazine rings is 1. The smallest absolute Gasteiger partial charge is 0.255 e. The van der Waals surface area contributed by atoms with E-state index in [2.05, 4.69) is 27.5 Å². The number of benzene rings is 1. The number of halogens is 2. The van der Waals surface area contributed by atoms with Crippen LogP contribution in [0.4, 0.5) is 0 Å². The number of nitrogens with two attached hydrogens (primary N) is 1. The number of amides is 1. The van der Waals surface area contributed by atoms with Gasteiger partial charge in [-0.2, -0.15) is 0 Å². The number of carbonyl (C=O) groups excluding carboxylic acids is 1. The van der Waals surface area contributed by atoms with Crippen molar-refractivity contribution >= 4 is 40.9 Å². The van der Waals surface area contributed by atoms with Crippen LogP contribution >= 0.6 is 35.0 Å². The van der Waals surface area contributed by atoms with E-state index in [4.69, 9.17) is 5.73 Å². The fourth-order valence-corrected chi connectivity index (χ4v) is 3.11. The molecule has 21 heavy (non-hydrogen) atoms. The highest BCUT2D eigenvalue weighted by Crippen LogP contribution is 2.16. The van der Waals surface area contributed by atoms with Crippen LogP contribution in [-0.2, 0) is 0 Å². The zero-order valence-electron chi connectivity index (χ0n) is 12.5. The molecule has 1 amide bonds. The summed E-state index contributed by atoms with van der Waals surface area (Å²) in [5, 5.41) is 0. The molecule has 0 bridgehead atoms. The van der Waals surface area contributed by atoms with Crippen molar-refractivity contribution in [3.05, 3.63) is 33.4 Å². The van der Waals surface area contributed by atoms with E-state index in [1.54, 1.807) is 0 Å². The maximum atomic E-state index is 12.5. The molecule has 1 aromatic rings. The molecule has 1 aliphatic rings. The topological polar surface area (TPSA) is 49.6 Å². The molecule has 2 N–H and O–H groups in total. The Kier molecular flexibility index (Phi) is 6.90. The fourth-order valence-electron chi connectivity index (χ4n) is 2.49. The van der Waals surface area contributed by atoms with Crippen LogP contribution in [0.2, 0.25) is 0 Å². The fraction of sp³-hybridized carbons (Fsp3) is 0.533. The van der Waals surface area contributed by atoms with E-state index in [0.717, 1.165) is 41.9 Å². The first-order valence-electron chi connectivity index (χ1n) is 6.92. The van der Waals surface area contributed by atoms with Crippen LogP contribution in [0.3, 0.4) is 0 Å². The van der Waals surface area contributed by atoms with Crippen LogP contribution in [0.25, 0.3) is 0 Å². The first-order valence-corrected chi connectivity index (χ1v) is 8.00. The van der Waals surface area contributed by atoms with E-state index in [0.29, 0.717) is 0 Å². The summed E-state index contributed by atoms with van der Waals surface area (Å²) in [4.78, 5) is 16.8. The van der Waals surface area contributed by atoms with E-state index in [1.165, 1.54) is 0 Å². The van der Waals surface area contributed by atoms with Crippen molar-refractivity contribution in [3.63, 3.8) is 0 Å². The Hall–Kier alpha value is -0.370. The summed E-state index contributed by atoms with van der Waals surface area (Å²) in [6.07, 6.45) is 0. The van der Waals surface area contributed by atoms with Crippen LogP contribution in [0.5, 0.6) is 0 Å². The summed E-state index contributed by atoms with van der Waals surface area (Å²) < 4.78 is 1.01. The van der Waals surface area contributed by atoms with Crippen molar-refractivity contribution < 1.29 is 4.79 Å². The molecular weight excluding hydrogens is 401 g/mol. The molecule has 0 saturated carbocycles. The van der Waals surface area contributed by atoms with Gasteiger partial charge in [0.05, 0.1) is 5.56 Å². The predicted molar refractivity (Wildman–Crippen MR) is 97.0 cm³/mol. The van der Waals surface area contributed by atoms with E-state index in [-0.39, 0.29) is 23.9 Å². The Morgan fingerprint density at radius 3 is 2.33 bits per heavy atom. The maximum absolute atomic E-state index is 12.5. The highest BCUT2D eigenvalue weighted by atomic mass is 127. The Morgan fingerprint density at radius 2 is 1.81 bits per heavy atom. The number of hydrogen-bond acceptors (Lipinski definition) is 3. The second-order valence-corrected chi connectivity index (χ2v) is 7.20. The first-order chi connectivity index (χ1) is 9.37. The molecule has 0 spiro atoms. The van der Waals surface area contributed by atoms with Crippen molar-refractivity contribution in [2.45, 2.75) is 19.4 Å². The normalized spacial score (nSPS) is 16.5. The van der Waals surface area contributed by atoms with Crippen LogP contribution in [0.15, 0.2) is 24.3 Å². The maximum Gasteiger partial charge on any atom is 0.255 e. The average Bonchev–Trinajstić information content (AvgIpc) is 2.37. The third-order valence-corrected chi connectivity index (χ3v) is 4.34. The van der Waals surface area contributed by atoms with Gasteiger partial charge in [0.15, 0.2) is 0 Å². The highest BCUT2D eigenvalue weighted by Gasteiger charge is 2.25. The Labute approximate surface area is 146 Å². The standard InChI is InChI=1S/C15H22IN3O.ClH/c1-15(2,17)11-18-7-9-19(10-8-18)14(20)12-5-3-4-6-13(12)16;/h3-6H,7-11,17H2,1-2H3;1H. The van der Waals surface area contributed by atoms with Gasteiger partial charge in [0.1, 0.15) is 0 Å². The minimum atomic E-state index is -0.180. The van der Waals surface area contributed by atoms with Crippen molar-refractivity contribution in [2.24, 2.45) is 5.73 Å². The van der Waals surface area contributed by atoms with Gasteiger partial charge in [-0.1, -0.05) is 12.1 Å². The quantitative estimate of drug-likeness (QED) is 0.759. The molecule has 1 heterocycles. The lowest BCUT2D eigenvalue weighted by molar-refractivity contribution is 0.0615. The van der Waals surface area contributed by atoms with E-state index >= 15 is 0 Å². The zero-order chi connectivity index (χ0) is 14.8. The molecule has 1 fully saturated rings.